The minimum atomic E-state index is 0.227. The molecule has 1 aliphatic rings. The van der Waals surface area contributed by atoms with Crippen LogP contribution in [0.2, 0.25) is 0 Å². The monoisotopic (exact) mass is 407 g/mol. The smallest absolute Gasteiger partial charge is 0.232 e. The first kappa shape index (κ1) is 20.1. The van der Waals surface area contributed by atoms with Gasteiger partial charge in [0.25, 0.3) is 0 Å². The van der Waals surface area contributed by atoms with Gasteiger partial charge in [0.05, 0.1) is 12.8 Å². The average Bonchev–Trinajstić information content (AvgIpc) is 2.76. The second-order valence-corrected chi connectivity index (χ2v) is 7.60. The summed E-state index contributed by atoms with van der Waals surface area (Å²) in [5.74, 6) is 2.10. The van der Waals surface area contributed by atoms with Crippen LogP contribution in [-0.4, -0.2) is 48.2 Å². The molecule has 1 aromatic heterocycles. The van der Waals surface area contributed by atoms with E-state index >= 15 is 0 Å². The van der Waals surface area contributed by atoms with E-state index in [9.17, 15) is 0 Å². The van der Waals surface area contributed by atoms with Crippen molar-refractivity contribution in [2.45, 2.75) is 13.1 Å². The number of methoxy groups -OCH3 is 1. The number of ether oxygens (including phenoxy) is 1. The van der Waals surface area contributed by atoms with Crippen LogP contribution in [0.15, 0.2) is 54.6 Å². The normalized spacial score (nSPS) is 18.7. The number of nitrogen functional groups attached to an aromatic ring is 1. The van der Waals surface area contributed by atoms with Crippen LogP contribution in [0, 0.1) is 0 Å². The van der Waals surface area contributed by atoms with E-state index in [0.29, 0.717) is 11.8 Å². The number of nitrogens with zero attached hydrogens (tertiary/aromatic N) is 3. The van der Waals surface area contributed by atoms with Gasteiger partial charge in [-0.2, -0.15) is 15.0 Å². The number of piperazine rings is 1. The van der Waals surface area contributed by atoms with Crippen molar-refractivity contribution in [1.29, 1.82) is 0 Å². The highest BCUT2D eigenvalue weighted by Crippen LogP contribution is 2.25. The Kier molecular flexibility index (Phi) is 6.36. The Bertz CT molecular complexity index is 959. The zero-order valence-electron chi connectivity index (χ0n) is 17.3. The molecule has 0 unspecified atom stereocenters. The molecule has 1 aliphatic heterocycles. The Morgan fingerprint density at radius 3 is 2.27 bits per heavy atom. The predicted molar refractivity (Wildman–Crippen MR) is 116 cm³/mol. The second-order valence-electron chi connectivity index (χ2n) is 7.60. The van der Waals surface area contributed by atoms with Crippen LogP contribution in [0.4, 0.5) is 17.6 Å². The Labute approximate surface area is 176 Å². The number of anilines is 3. The number of nitrogens with one attached hydrogen (secondary N) is 3. The predicted octanol–water partition coefficient (Wildman–Crippen LogP) is -0.310. The number of para-hydroxylation sites is 2. The van der Waals surface area contributed by atoms with Gasteiger partial charge < -0.3 is 25.6 Å². The Morgan fingerprint density at radius 2 is 1.53 bits per heavy atom. The number of rotatable bonds is 7. The first-order valence-electron chi connectivity index (χ1n) is 10.3. The Morgan fingerprint density at radius 1 is 0.867 bits per heavy atom. The lowest BCUT2D eigenvalue weighted by Gasteiger charge is -2.29. The molecule has 156 valence electrons. The van der Waals surface area contributed by atoms with E-state index in [1.54, 1.807) is 12.0 Å². The lowest BCUT2D eigenvalue weighted by molar-refractivity contribution is -1.02. The number of hydrogen-bond donors (Lipinski definition) is 4. The lowest BCUT2D eigenvalue weighted by atomic mass is 10.2. The third-order valence-electron chi connectivity index (χ3n) is 5.42. The summed E-state index contributed by atoms with van der Waals surface area (Å²) >= 11 is 0. The summed E-state index contributed by atoms with van der Waals surface area (Å²) in [5.41, 5.74) is 8.14. The fourth-order valence-corrected chi connectivity index (χ4v) is 3.86. The molecule has 1 saturated heterocycles. The maximum absolute atomic E-state index is 5.95. The van der Waals surface area contributed by atoms with Crippen molar-refractivity contribution in [2.75, 3.05) is 44.3 Å². The summed E-state index contributed by atoms with van der Waals surface area (Å²) in [7, 11) is 1.64. The summed E-state index contributed by atoms with van der Waals surface area (Å²) in [5, 5.41) is 3.20. The van der Waals surface area contributed by atoms with Crippen molar-refractivity contribution in [3.63, 3.8) is 0 Å². The fourth-order valence-electron chi connectivity index (χ4n) is 3.86. The van der Waals surface area contributed by atoms with Gasteiger partial charge in [0.15, 0.2) is 5.82 Å². The van der Waals surface area contributed by atoms with Crippen LogP contribution in [0.25, 0.3) is 0 Å². The van der Waals surface area contributed by atoms with E-state index in [1.807, 2.05) is 24.3 Å². The molecular formula is C22H29N7O+2. The number of quaternary nitrogens is 2. The van der Waals surface area contributed by atoms with Crippen LogP contribution in [-0.2, 0) is 13.1 Å². The number of aromatic nitrogens is 3. The summed E-state index contributed by atoms with van der Waals surface area (Å²) in [6, 6.07) is 18.3. The maximum atomic E-state index is 5.95. The topological polar surface area (TPSA) is 94.8 Å². The van der Waals surface area contributed by atoms with Gasteiger partial charge in [-0.1, -0.05) is 42.5 Å². The highest BCUT2D eigenvalue weighted by atomic mass is 16.5. The van der Waals surface area contributed by atoms with Crippen LogP contribution in [0.1, 0.15) is 11.4 Å². The molecule has 1 fully saturated rings. The molecule has 3 aromatic rings. The van der Waals surface area contributed by atoms with Crippen molar-refractivity contribution in [2.24, 2.45) is 0 Å². The highest BCUT2D eigenvalue weighted by molar-refractivity contribution is 5.62. The first-order valence-corrected chi connectivity index (χ1v) is 10.3. The maximum Gasteiger partial charge on any atom is 0.232 e. The van der Waals surface area contributed by atoms with Crippen molar-refractivity contribution in [3.05, 3.63) is 66.0 Å². The molecular weight excluding hydrogens is 378 g/mol. The van der Waals surface area contributed by atoms with Crippen molar-refractivity contribution in [3.8, 4) is 5.75 Å². The number of nitrogens with two attached hydrogens (primary N) is 1. The second kappa shape index (κ2) is 9.51. The molecule has 2 aromatic carbocycles. The largest absolute Gasteiger partial charge is 0.495 e. The summed E-state index contributed by atoms with van der Waals surface area (Å²) in [6.07, 6.45) is 0. The van der Waals surface area contributed by atoms with E-state index in [0.717, 1.165) is 50.7 Å². The third kappa shape index (κ3) is 5.22. The lowest BCUT2D eigenvalue weighted by Crippen LogP contribution is -3.27. The quantitative estimate of drug-likeness (QED) is 0.429. The third-order valence-corrected chi connectivity index (χ3v) is 5.42. The van der Waals surface area contributed by atoms with Gasteiger partial charge in [0.2, 0.25) is 11.9 Å². The molecule has 0 spiro atoms. The van der Waals surface area contributed by atoms with Crippen LogP contribution in [0.5, 0.6) is 5.75 Å². The van der Waals surface area contributed by atoms with Crippen LogP contribution < -0.4 is 25.6 Å². The summed E-state index contributed by atoms with van der Waals surface area (Å²) < 4.78 is 5.38. The van der Waals surface area contributed by atoms with Gasteiger partial charge in [-0.15, -0.1) is 0 Å². The summed E-state index contributed by atoms with van der Waals surface area (Å²) in [4.78, 5) is 16.3. The van der Waals surface area contributed by atoms with E-state index in [4.69, 9.17) is 10.5 Å². The molecule has 4 rings (SSSR count). The van der Waals surface area contributed by atoms with E-state index in [-0.39, 0.29) is 5.95 Å². The van der Waals surface area contributed by atoms with Crippen molar-refractivity contribution in [1.82, 2.24) is 15.0 Å². The fraction of sp³-hybridized carbons (Fsp3) is 0.318. The van der Waals surface area contributed by atoms with Crippen molar-refractivity contribution >= 4 is 17.6 Å². The molecule has 0 bridgehead atoms. The van der Waals surface area contributed by atoms with Crippen LogP contribution in [0.3, 0.4) is 0 Å². The first-order chi connectivity index (χ1) is 14.7. The van der Waals surface area contributed by atoms with Gasteiger partial charge in [-0.3, -0.25) is 0 Å². The van der Waals surface area contributed by atoms with Gasteiger partial charge in [-0.05, 0) is 12.1 Å². The molecule has 2 heterocycles. The molecule has 0 amide bonds. The molecule has 5 N–H and O–H groups in total. The molecule has 0 radical (unpaired) electrons. The minimum absolute atomic E-state index is 0.227. The number of benzene rings is 2. The van der Waals surface area contributed by atoms with Gasteiger partial charge in [0.1, 0.15) is 45.0 Å². The van der Waals surface area contributed by atoms with Crippen LogP contribution >= 0.6 is 0 Å². The molecule has 0 aliphatic carbocycles. The molecule has 0 atom stereocenters. The highest BCUT2D eigenvalue weighted by Gasteiger charge is 2.24. The van der Waals surface area contributed by atoms with E-state index < -0.39 is 0 Å². The average molecular weight is 408 g/mol. The van der Waals surface area contributed by atoms with Gasteiger partial charge in [-0.25, -0.2) is 0 Å². The standard InChI is InChI=1S/C22H27N7O/c1-30-19-10-6-5-9-18(19)24-22-26-20(25-21(23)27-22)16-29-13-11-28(12-14-29)15-17-7-3-2-4-8-17/h2-10H,11-16H2,1H3,(H3,23,24,25,26,27)/p+2. The van der Waals surface area contributed by atoms with E-state index in [1.165, 1.54) is 10.5 Å². The SMILES string of the molecule is COc1ccccc1Nc1nc(N)nc(C[NH+]2CC[NH+](Cc3ccccc3)CC2)n1. The Balaban J connectivity index is 1.36. The Hall–Kier alpha value is -3.23. The van der Waals surface area contributed by atoms with E-state index in [2.05, 4.69) is 50.6 Å². The summed E-state index contributed by atoms with van der Waals surface area (Å²) in [6.45, 7) is 6.27. The number of hydrogen-bond acceptors (Lipinski definition) is 6. The minimum Gasteiger partial charge on any atom is -0.495 e. The van der Waals surface area contributed by atoms with Gasteiger partial charge in [0, 0.05) is 5.56 Å². The zero-order chi connectivity index (χ0) is 20.8. The van der Waals surface area contributed by atoms with Gasteiger partial charge >= 0.3 is 0 Å². The zero-order valence-corrected chi connectivity index (χ0v) is 17.3. The molecule has 8 nitrogen and oxygen atoms in total. The molecule has 8 heteroatoms. The molecule has 0 saturated carbocycles. The van der Waals surface area contributed by atoms with Crippen molar-refractivity contribution < 1.29 is 14.5 Å². The molecule has 30 heavy (non-hydrogen) atoms.